The second-order valence-electron chi connectivity index (χ2n) is 5.67. The molecule has 2 aromatic heterocycles. The van der Waals surface area contributed by atoms with Gasteiger partial charge >= 0.3 is 0 Å². The second kappa shape index (κ2) is 7.13. The minimum absolute atomic E-state index is 0.0456. The molecule has 7 heteroatoms. The summed E-state index contributed by atoms with van der Waals surface area (Å²) in [7, 11) is 1.85. The van der Waals surface area contributed by atoms with Crippen molar-refractivity contribution in [1.82, 2.24) is 25.1 Å². The van der Waals surface area contributed by atoms with Crippen LogP contribution in [0.25, 0.3) is 0 Å². The fourth-order valence-electron chi connectivity index (χ4n) is 2.99. The highest BCUT2D eigenvalue weighted by Gasteiger charge is 2.26. The van der Waals surface area contributed by atoms with Crippen molar-refractivity contribution in [2.24, 2.45) is 5.92 Å². The fourth-order valence-corrected chi connectivity index (χ4v) is 2.99. The van der Waals surface area contributed by atoms with Gasteiger partial charge in [-0.15, -0.1) is 5.10 Å². The number of anilines is 1. The Bertz CT molecular complexity index is 663. The van der Waals surface area contributed by atoms with Crippen LogP contribution in [0.1, 0.15) is 29.0 Å². The van der Waals surface area contributed by atoms with Gasteiger partial charge in [-0.3, -0.25) is 9.78 Å². The Hall–Kier alpha value is -2.57. The molecule has 120 valence electrons. The summed E-state index contributed by atoms with van der Waals surface area (Å²) in [5.41, 5.74) is 1.36. The van der Waals surface area contributed by atoms with Crippen LogP contribution in [0, 0.1) is 5.92 Å². The van der Waals surface area contributed by atoms with Crippen molar-refractivity contribution >= 4 is 11.7 Å². The number of likely N-dealkylation sites (tertiary alicyclic amines) is 1. The molecular weight excluding hydrogens is 292 g/mol. The zero-order valence-corrected chi connectivity index (χ0v) is 13.1. The molecule has 1 aliphatic heterocycles. The monoisotopic (exact) mass is 312 g/mol. The third kappa shape index (κ3) is 3.61. The van der Waals surface area contributed by atoms with Gasteiger partial charge in [0.1, 0.15) is 5.82 Å². The molecular formula is C16H20N6O. The van der Waals surface area contributed by atoms with E-state index in [2.05, 4.69) is 25.5 Å². The standard InChI is InChI=1S/C16H20N6O/c1-17-15-14(18-7-8-19-15)10-12-4-3-9-22(11-12)16(23)13-5-2-6-20-21-13/h2,5-8,12H,3-4,9-11H2,1H3,(H,17,19). The maximum Gasteiger partial charge on any atom is 0.274 e. The Morgan fingerprint density at radius 2 is 2.22 bits per heavy atom. The zero-order chi connectivity index (χ0) is 16.1. The Labute approximate surface area is 135 Å². The average molecular weight is 312 g/mol. The Morgan fingerprint density at radius 3 is 3.00 bits per heavy atom. The molecule has 1 N–H and O–H groups in total. The van der Waals surface area contributed by atoms with Crippen molar-refractivity contribution in [3.8, 4) is 0 Å². The van der Waals surface area contributed by atoms with Crippen molar-refractivity contribution in [1.29, 1.82) is 0 Å². The molecule has 7 nitrogen and oxygen atoms in total. The lowest BCUT2D eigenvalue weighted by Gasteiger charge is -2.32. The Morgan fingerprint density at radius 1 is 1.35 bits per heavy atom. The average Bonchev–Trinajstić information content (AvgIpc) is 2.62. The maximum absolute atomic E-state index is 12.5. The van der Waals surface area contributed by atoms with Crippen LogP contribution in [0.2, 0.25) is 0 Å². The van der Waals surface area contributed by atoms with Gasteiger partial charge in [-0.1, -0.05) is 0 Å². The maximum atomic E-state index is 12.5. The van der Waals surface area contributed by atoms with E-state index in [-0.39, 0.29) is 5.91 Å². The highest BCUT2D eigenvalue weighted by Crippen LogP contribution is 2.23. The number of carbonyl (C=O) groups excluding carboxylic acids is 1. The third-order valence-electron chi connectivity index (χ3n) is 4.09. The Balaban J connectivity index is 1.68. The molecule has 1 unspecified atom stereocenters. The number of amides is 1. The zero-order valence-electron chi connectivity index (χ0n) is 13.1. The van der Waals surface area contributed by atoms with Crippen molar-refractivity contribution in [2.75, 3.05) is 25.5 Å². The van der Waals surface area contributed by atoms with E-state index in [4.69, 9.17) is 0 Å². The van der Waals surface area contributed by atoms with Gasteiger partial charge in [0.15, 0.2) is 5.69 Å². The number of hydrogen-bond acceptors (Lipinski definition) is 6. The van der Waals surface area contributed by atoms with Crippen LogP contribution in [0.15, 0.2) is 30.7 Å². The number of piperidine rings is 1. The first-order chi connectivity index (χ1) is 11.3. The van der Waals surface area contributed by atoms with Gasteiger partial charge in [0.25, 0.3) is 5.91 Å². The van der Waals surface area contributed by atoms with Gasteiger partial charge in [-0.2, -0.15) is 5.10 Å². The number of aromatic nitrogens is 4. The van der Waals surface area contributed by atoms with Gasteiger partial charge in [0.2, 0.25) is 0 Å². The molecule has 1 atom stereocenters. The molecule has 0 saturated carbocycles. The highest BCUT2D eigenvalue weighted by atomic mass is 16.2. The molecule has 3 heterocycles. The van der Waals surface area contributed by atoms with E-state index >= 15 is 0 Å². The third-order valence-corrected chi connectivity index (χ3v) is 4.09. The van der Waals surface area contributed by atoms with Crippen molar-refractivity contribution in [3.05, 3.63) is 42.1 Å². The largest absolute Gasteiger partial charge is 0.372 e. The predicted octanol–water partition coefficient (Wildman–Crippen LogP) is 1.40. The van der Waals surface area contributed by atoms with E-state index in [1.54, 1.807) is 30.7 Å². The predicted molar refractivity (Wildman–Crippen MR) is 85.9 cm³/mol. The quantitative estimate of drug-likeness (QED) is 0.919. The first kappa shape index (κ1) is 15.3. The molecule has 1 aliphatic rings. The van der Waals surface area contributed by atoms with Gasteiger partial charge in [-0.05, 0) is 37.3 Å². The second-order valence-corrected chi connectivity index (χ2v) is 5.67. The summed E-state index contributed by atoms with van der Waals surface area (Å²) in [6, 6.07) is 3.45. The number of rotatable bonds is 4. The molecule has 1 saturated heterocycles. The first-order valence-electron chi connectivity index (χ1n) is 7.82. The topological polar surface area (TPSA) is 83.9 Å². The lowest BCUT2D eigenvalue weighted by Crippen LogP contribution is -2.41. The summed E-state index contributed by atoms with van der Waals surface area (Å²) in [6.07, 6.45) is 7.86. The fraction of sp³-hybridized carbons (Fsp3) is 0.438. The van der Waals surface area contributed by atoms with Crippen LogP contribution in [0.3, 0.4) is 0 Å². The number of carbonyl (C=O) groups is 1. The summed E-state index contributed by atoms with van der Waals surface area (Å²) < 4.78 is 0. The molecule has 0 aliphatic carbocycles. The lowest BCUT2D eigenvalue weighted by atomic mass is 9.93. The van der Waals surface area contributed by atoms with E-state index in [9.17, 15) is 4.79 Å². The van der Waals surface area contributed by atoms with Gasteiger partial charge < -0.3 is 10.2 Å². The van der Waals surface area contributed by atoms with Crippen molar-refractivity contribution in [3.63, 3.8) is 0 Å². The number of nitrogens with one attached hydrogen (secondary N) is 1. The molecule has 1 fully saturated rings. The summed E-state index contributed by atoms with van der Waals surface area (Å²) in [6.45, 7) is 1.49. The molecule has 1 amide bonds. The van der Waals surface area contributed by atoms with Crippen molar-refractivity contribution < 1.29 is 4.79 Å². The summed E-state index contributed by atoms with van der Waals surface area (Å²) in [5.74, 6) is 1.15. The minimum atomic E-state index is -0.0456. The molecule has 2 aromatic rings. The van der Waals surface area contributed by atoms with E-state index in [0.717, 1.165) is 43.9 Å². The smallest absolute Gasteiger partial charge is 0.274 e. The highest BCUT2D eigenvalue weighted by molar-refractivity contribution is 5.92. The van der Waals surface area contributed by atoms with Gasteiger partial charge in [0.05, 0.1) is 5.69 Å². The molecule has 3 rings (SSSR count). The first-order valence-corrected chi connectivity index (χ1v) is 7.82. The van der Waals surface area contributed by atoms with E-state index in [0.29, 0.717) is 11.6 Å². The molecule has 0 aromatic carbocycles. The summed E-state index contributed by atoms with van der Waals surface area (Å²) >= 11 is 0. The lowest BCUT2D eigenvalue weighted by molar-refractivity contribution is 0.0665. The van der Waals surface area contributed by atoms with Crippen LogP contribution >= 0.6 is 0 Å². The number of hydrogen-bond donors (Lipinski definition) is 1. The van der Waals surface area contributed by atoms with E-state index < -0.39 is 0 Å². The molecule has 0 bridgehead atoms. The molecule has 0 spiro atoms. The Kier molecular flexibility index (Phi) is 4.75. The summed E-state index contributed by atoms with van der Waals surface area (Å²) in [4.78, 5) is 23.1. The van der Waals surface area contributed by atoms with Gasteiger partial charge in [0, 0.05) is 38.7 Å². The number of nitrogens with zero attached hydrogens (tertiary/aromatic N) is 5. The van der Waals surface area contributed by atoms with Gasteiger partial charge in [-0.25, -0.2) is 4.98 Å². The van der Waals surface area contributed by atoms with E-state index in [1.807, 2.05) is 11.9 Å². The van der Waals surface area contributed by atoms with Crippen LogP contribution in [-0.2, 0) is 6.42 Å². The van der Waals surface area contributed by atoms with Crippen LogP contribution in [0.4, 0.5) is 5.82 Å². The molecule has 23 heavy (non-hydrogen) atoms. The summed E-state index contributed by atoms with van der Waals surface area (Å²) in [5, 5.41) is 10.8. The molecule has 0 radical (unpaired) electrons. The van der Waals surface area contributed by atoms with Crippen LogP contribution < -0.4 is 5.32 Å². The van der Waals surface area contributed by atoms with E-state index in [1.165, 1.54) is 0 Å². The normalized spacial score (nSPS) is 17.8. The minimum Gasteiger partial charge on any atom is -0.372 e. The van der Waals surface area contributed by atoms with Crippen LogP contribution in [-0.4, -0.2) is 51.1 Å². The van der Waals surface area contributed by atoms with Crippen LogP contribution in [0.5, 0.6) is 0 Å². The van der Waals surface area contributed by atoms with Crippen molar-refractivity contribution in [2.45, 2.75) is 19.3 Å². The SMILES string of the molecule is CNc1nccnc1CC1CCCN(C(=O)c2cccnn2)C1.